The molecule has 1 heterocycles. The van der Waals surface area contributed by atoms with E-state index in [1.807, 2.05) is 12.1 Å². The monoisotopic (exact) mass is 597 g/mol. The Hall–Kier alpha value is -3.23. The summed E-state index contributed by atoms with van der Waals surface area (Å²) in [6, 6.07) is 15.1. The molecule has 1 fully saturated rings. The van der Waals surface area contributed by atoms with E-state index in [1.165, 1.54) is 30.3 Å². The molecule has 0 bridgehead atoms. The van der Waals surface area contributed by atoms with Crippen LogP contribution in [0.15, 0.2) is 69.0 Å². The van der Waals surface area contributed by atoms with Crippen LogP contribution in [0.2, 0.25) is 5.02 Å². The maximum absolute atomic E-state index is 13.5. The zero-order valence-corrected chi connectivity index (χ0v) is 23.1. The molecule has 1 aliphatic rings. The molecule has 196 valence electrons. The highest BCUT2D eigenvalue weighted by Crippen LogP contribution is 2.37. The highest BCUT2D eigenvalue weighted by Gasteiger charge is 2.22. The summed E-state index contributed by atoms with van der Waals surface area (Å²) in [6.07, 6.45) is 6.92. The van der Waals surface area contributed by atoms with Crippen molar-refractivity contribution in [3.63, 3.8) is 0 Å². The molecule has 0 radical (unpaired) electrons. The first kappa shape index (κ1) is 26.4. The largest absolute Gasteiger partial charge is 0.493 e. The number of hydrogen-bond acceptors (Lipinski definition) is 5. The number of hydrogen-bond donors (Lipinski definition) is 0. The first-order chi connectivity index (χ1) is 18.4. The van der Waals surface area contributed by atoms with E-state index in [4.69, 9.17) is 26.1 Å². The molecule has 0 amide bonds. The first-order valence-electron chi connectivity index (χ1n) is 12.4. The van der Waals surface area contributed by atoms with E-state index < -0.39 is 0 Å². The van der Waals surface area contributed by atoms with Crippen molar-refractivity contribution < 1.29 is 13.9 Å². The molecular weight excluding hydrogens is 573 g/mol. The van der Waals surface area contributed by atoms with Gasteiger partial charge in [-0.1, -0.05) is 58.9 Å². The van der Waals surface area contributed by atoms with Crippen LogP contribution in [-0.4, -0.2) is 23.0 Å². The van der Waals surface area contributed by atoms with Gasteiger partial charge in [0.15, 0.2) is 11.5 Å². The molecule has 0 N–H and O–H groups in total. The Kier molecular flexibility index (Phi) is 8.09. The van der Waals surface area contributed by atoms with Crippen molar-refractivity contribution in [2.75, 3.05) is 7.11 Å². The van der Waals surface area contributed by atoms with E-state index in [2.05, 4.69) is 21.0 Å². The van der Waals surface area contributed by atoms with Crippen LogP contribution < -0.4 is 15.0 Å². The number of fused-ring (bicyclic) bond motifs is 1. The molecule has 5 rings (SSSR count). The molecule has 1 aromatic heterocycles. The van der Waals surface area contributed by atoms with Crippen LogP contribution >= 0.6 is 27.5 Å². The second kappa shape index (κ2) is 11.7. The van der Waals surface area contributed by atoms with Crippen LogP contribution in [0.4, 0.5) is 4.39 Å². The van der Waals surface area contributed by atoms with Gasteiger partial charge in [-0.25, -0.2) is 9.37 Å². The molecule has 1 saturated carbocycles. The predicted molar refractivity (Wildman–Crippen MR) is 151 cm³/mol. The van der Waals surface area contributed by atoms with Crippen molar-refractivity contribution in [2.45, 2.75) is 44.6 Å². The molecule has 1 aliphatic carbocycles. The average Bonchev–Trinajstić information content (AvgIpc) is 2.92. The fraction of sp³-hybridized carbons (Fsp3) is 0.276. The molecule has 38 heavy (non-hydrogen) atoms. The molecule has 0 saturated heterocycles. The second-order valence-corrected chi connectivity index (χ2v) is 10.6. The Balaban J connectivity index is 1.49. The summed E-state index contributed by atoms with van der Waals surface area (Å²) in [5.74, 6) is 1.24. The molecule has 4 aromatic rings. The SMILES string of the molecule is COc1cc(C=Nn2c(C3CCCCC3)nc3ccc(Br)cc3c2=O)cc(Cl)c1OCc1cccc(F)c1. The zero-order chi connectivity index (χ0) is 26.6. The Labute approximate surface area is 233 Å². The lowest BCUT2D eigenvalue weighted by molar-refractivity contribution is 0.284. The van der Waals surface area contributed by atoms with Gasteiger partial charge >= 0.3 is 0 Å². The summed E-state index contributed by atoms with van der Waals surface area (Å²) >= 11 is 10.00. The van der Waals surface area contributed by atoms with Gasteiger partial charge in [0.1, 0.15) is 18.2 Å². The number of halogens is 3. The third kappa shape index (κ3) is 5.76. The fourth-order valence-corrected chi connectivity index (χ4v) is 5.40. The van der Waals surface area contributed by atoms with Gasteiger partial charge in [0.05, 0.1) is 29.2 Å². The molecule has 6 nitrogen and oxygen atoms in total. The van der Waals surface area contributed by atoms with Crippen molar-refractivity contribution >= 4 is 44.6 Å². The minimum absolute atomic E-state index is 0.125. The van der Waals surface area contributed by atoms with Gasteiger partial charge in [0.2, 0.25) is 0 Å². The van der Waals surface area contributed by atoms with Crippen molar-refractivity contribution in [1.82, 2.24) is 9.66 Å². The van der Waals surface area contributed by atoms with E-state index >= 15 is 0 Å². The fourth-order valence-electron chi connectivity index (χ4n) is 4.76. The van der Waals surface area contributed by atoms with Crippen molar-refractivity contribution in [2.24, 2.45) is 5.10 Å². The Bertz CT molecular complexity index is 1570. The van der Waals surface area contributed by atoms with Gasteiger partial charge < -0.3 is 9.47 Å². The highest BCUT2D eigenvalue weighted by atomic mass is 79.9. The topological polar surface area (TPSA) is 65.7 Å². The molecular formula is C29H26BrClFN3O3. The Morgan fingerprint density at radius 3 is 2.74 bits per heavy atom. The van der Waals surface area contributed by atoms with Crippen molar-refractivity contribution in [1.29, 1.82) is 0 Å². The number of aromatic nitrogens is 2. The second-order valence-electron chi connectivity index (χ2n) is 9.28. The normalized spacial score (nSPS) is 14.3. The standard InChI is InChI=1S/C29H26BrClFN3O3/c1-37-26-14-19(13-24(31)27(26)38-17-18-6-5-9-22(32)12-18)16-33-35-28(20-7-3-2-4-8-20)34-25-11-10-21(30)15-23(25)29(35)36/h5-6,9-16,20H,2-4,7-8,17H2,1H3. The van der Waals surface area contributed by atoms with Gasteiger partial charge in [-0.05, 0) is 66.4 Å². The van der Waals surface area contributed by atoms with Gasteiger partial charge in [0, 0.05) is 10.4 Å². The van der Waals surface area contributed by atoms with Crippen LogP contribution in [0.3, 0.4) is 0 Å². The maximum atomic E-state index is 13.5. The smallest absolute Gasteiger partial charge is 0.282 e. The van der Waals surface area contributed by atoms with Crippen molar-refractivity contribution in [3.8, 4) is 11.5 Å². The number of methoxy groups -OCH3 is 1. The molecule has 0 aliphatic heterocycles. The first-order valence-corrected chi connectivity index (χ1v) is 13.6. The summed E-state index contributed by atoms with van der Waals surface area (Å²) in [6.45, 7) is 0.125. The Morgan fingerprint density at radius 1 is 1.16 bits per heavy atom. The third-order valence-corrected chi connectivity index (χ3v) is 7.42. The molecule has 0 unspecified atom stereocenters. The molecule has 9 heteroatoms. The lowest BCUT2D eigenvalue weighted by Gasteiger charge is -2.22. The summed E-state index contributed by atoms with van der Waals surface area (Å²) in [4.78, 5) is 18.4. The lowest BCUT2D eigenvalue weighted by atomic mass is 9.88. The van der Waals surface area contributed by atoms with Crippen LogP contribution in [0.1, 0.15) is 55.0 Å². The van der Waals surface area contributed by atoms with Gasteiger partial charge in [-0.15, -0.1) is 0 Å². The van der Waals surface area contributed by atoms with Gasteiger partial charge in [-0.3, -0.25) is 4.79 Å². The third-order valence-electron chi connectivity index (χ3n) is 6.65. The minimum atomic E-state index is -0.339. The number of benzene rings is 3. The van der Waals surface area contributed by atoms with Crippen LogP contribution in [-0.2, 0) is 6.61 Å². The molecule has 0 spiro atoms. The van der Waals surface area contributed by atoms with Crippen LogP contribution in [0, 0.1) is 5.82 Å². The van der Waals surface area contributed by atoms with Crippen molar-refractivity contribution in [3.05, 3.63) is 97.2 Å². The summed E-state index contributed by atoms with van der Waals surface area (Å²) in [7, 11) is 1.51. The van der Waals surface area contributed by atoms with E-state index in [1.54, 1.807) is 36.5 Å². The average molecular weight is 599 g/mol. The maximum Gasteiger partial charge on any atom is 0.282 e. The summed E-state index contributed by atoms with van der Waals surface area (Å²) in [5.41, 5.74) is 1.73. The predicted octanol–water partition coefficient (Wildman–Crippen LogP) is 7.47. The molecule has 3 aromatic carbocycles. The van der Waals surface area contributed by atoms with Crippen LogP contribution in [0.5, 0.6) is 11.5 Å². The minimum Gasteiger partial charge on any atom is -0.493 e. The van der Waals surface area contributed by atoms with E-state index in [0.29, 0.717) is 44.4 Å². The number of rotatable bonds is 7. The van der Waals surface area contributed by atoms with Gasteiger partial charge in [0.25, 0.3) is 5.56 Å². The Morgan fingerprint density at radius 2 is 1.97 bits per heavy atom. The zero-order valence-electron chi connectivity index (χ0n) is 20.8. The quantitative estimate of drug-likeness (QED) is 0.207. The number of nitrogens with zero attached hydrogens (tertiary/aromatic N) is 3. The van der Waals surface area contributed by atoms with Crippen LogP contribution in [0.25, 0.3) is 10.9 Å². The van der Waals surface area contributed by atoms with Gasteiger partial charge in [-0.2, -0.15) is 9.78 Å². The van der Waals surface area contributed by atoms with E-state index in [-0.39, 0.29) is 23.9 Å². The van der Waals surface area contributed by atoms with E-state index in [9.17, 15) is 9.18 Å². The molecule has 0 atom stereocenters. The summed E-state index contributed by atoms with van der Waals surface area (Å²) < 4.78 is 27.1. The highest BCUT2D eigenvalue weighted by molar-refractivity contribution is 9.10. The number of ether oxygens (including phenoxy) is 2. The summed E-state index contributed by atoms with van der Waals surface area (Å²) in [5, 5.41) is 5.39. The van der Waals surface area contributed by atoms with E-state index in [0.717, 1.165) is 30.2 Å². The lowest BCUT2D eigenvalue weighted by Crippen LogP contribution is -2.25.